The highest BCUT2D eigenvalue weighted by Gasteiger charge is 2.27. The molecule has 0 atom stereocenters. The molecule has 5 nitrogen and oxygen atoms in total. The number of rotatable bonds is 3. The molecule has 3 amide bonds. The quantitative estimate of drug-likeness (QED) is 0.791. The fourth-order valence-electron chi connectivity index (χ4n) is 2.69. The standard InChI is InChI=1S/C17H18BrN3O2S/c18-13-3-1-4-14(11-13)19-16(22)12-6-8-21(9-7-12)17(23)20-15-5-2-10-24-15/h1-5,10-12H,6-9H2,(H,19,22)(H,20,23). The summed E-state index contributed by atoms with van der Waals surface area (Å²) in [5, 5.41) is 8.59. The zero-order valence-corrected chi connectivity index (χ0v) is 15.4. The summed E-state index contributed by atoms with van der Waals surface area (Å²) in [6.45, 7) is 1.18. The highest BCUT2D eigenvalue weighted by Crippen LogP contribution is 2.22. The molecule has 24 heavy (non-hydrogen) atoms. The van der Waals surface area contributed by atoms with Gasteiger partial charge in [-0.25, -0.2) is 4.79 Å². The summed E-state index contributed by atoms with van der Waals surface area (Å²) in [5.41, 5.74) is 0.784. The molecule has 1 aliphatic heterocycles. The number of thiophene rings is 1. The van der Waals surface area contributed by atoms with Crippen LogP contribution in [0.1, 0.15) is 12.8 Å². The Kier molecular flexibility index (Phi) is 5.52. The van der Waals surface area contributed by atoms with Gasteiger partial charge in [-0.1, -0.05) is 22.0 Å². The smallest absolute Gasteiger partial charge is 0.322 e. The molecular weight excluding hydrogens is 390 g/mol. The summed E-state index contributed by atoms with van der Waals surface area (Å²) < 4.78 is 0.931. The van der Waals surface area contributed by atoms with Crippen LogP contribution in [0, 0.1) is 5.92 Å². The van der Waals surface area contributed by atoms with E-state index < -0.39 is 0 Å². The number of hydrogen-bond acceptors (Lipinski definition) is 3. The molecule has 3 rings (SSSR count). The van der Waals surface area contributed by atoms with Gasteiger partial charge in [-0.3, -0.25) is 10.1 Å². The van der Waals surface area contributed by atoms with E-state index in [4.69, 9.17) is 0 Å². The van der Waals surface area contributed by atoms with Gasteiger partial charge in [0.25, 0.3) is 0 Å². The number of benzene rings is 1. The predicted molar refractivity (Wildman–Crippen MR) is 100 cm³/mol. The number of halogens is 1. The van der Waals surface area contributed by atoms with Gasteiger partial charge in [0, 0.05) is 29.2 Å². The Balaban J connectivity index is 1.49. The van der Waals surface area contributed by atoms with Crippen LogP contribution in [0.4, 0.5) is 15.5 Å². The molecule has 1 fully saturated rings. The van der Waals surface area contributed by atoms with Gasteiger partial charge in [-0.05, 0) is 48.6 Å². The van der Waals surface area contributed by atoms with Gasteiger partial charge in [0.1, 0.15) is 0 Å². The number of carbonyl (C=O) groups excluding carboxylic acids is 2. The molecular formula is C17H18BrN3O2S. The number of nitrogens with one attached hydrogen (secondary N) is 2. The molecule has 1 aliphatic rings. The molecule has 0 unspecified atom stereocenters. The lowest BCUT2D eigenvalue weighted by atomic mass is 9.96. The molecule has 1 saturated heterocycles. The third-order valence-corrected chi connectivity index (χ3v) is 5.27. The predicted octanol–water partition coefficient (Wildman–Crippen LogP) is 4.39. The highest BCUT2D eigenvalue weighted by atomic mass is 79.9. The summed E-state index contributed by atoms with van der Waals surface area (Å²) in [7, 11) is 0. The molecule has 1 aromatic heterocycles. The van der Waals surface area contributed by atoms with Gasteiger partial charge in [0.2, 0.25) is 5.91 Å². The van der Waals surface area contributed by atoms with Crippen LogP contribution >= 0.6 is 27.3 Å². The molecule has 2 aromatic rings. The lowest BCUT2D eigenvalue weighted by Crippen LogP contribution is -2.43. The Hall–Kier alpha value is -1.86. The number of likely N-dealkylation sites (tertiary alicyclic amines) is 1. The second kappa shape index (κ2) is 7.81. The Labute approximate surface area is 153 Å². The average molecular weight is 408 g/mol. The second-order valence-electron chi connectivity index (χ2n) is 5.67. The minimum Gasteiger partial charge on any atom is -0.326 e. The SMILES string of the molecule is O=C(Nc1cccc(Br)c1)C1CCN(C(=O)Nc2cccs2)CC1. The van der Waals surface area contributed by atoms with E-state index in [9.17, 15) is 9.59 Å². The molecule has 1 aromatic carbocycles. The summed E-state index contributed by atoms with van der Waals surface area (Å²) >= 11 is 4.89. The Bertz CT molecular complexity index is 712. The molecule has 0 aliphatic carbocycles. The third kappa shape index (κ3) is 4.36. The van der Waals surface area contributed by atoms with Gasteiger partial charge in [0.15, 0.2) is 0 Å². The van der Waals surface area contributed by atoms with E-state index >= 15 is 0 Å². The van der Waals surface area contributed by atoms with Crippen molar-refractivity contribution in [2.24, 2.45) is 5.92 Å². The van der Waals surface area contributed by atoms with Gasteiger partial charge >= 0.3 is 6.03 Å². The molecule has 0 saturated carbocycles. The lowest BCUT2D eigenvalue weighted by molar-refractivity contribution is -0.121. The summed E-state index contributed by atoms with van der Waals surface area (Å²) in [6, 6.07) is 11.2. The zero-order chi connectivity index (χ0) is 16.9. The van der Waals surface area contributed by atoms with Crippen LogP contribution < -0.4 is 10.6 Å². The van der Waals surface area contributed by atoms with Crippen LogP contribution in [0.25, 0.3) is 0 Å². The molecule has 0 spiro atoms. The topological polar surface area (TPSA) is 61.4 Å². The minimum atomic E-state index is -0.0942. The van der Waals surface area contributed by atoms with Crippen molar-refractivity contribution in [1.29, 1.82) is 0 Å². The first-order chi connectivity index (χ1) is 11.6. The number of nitrogens with zero attached hydrogens (tertiary/aromatic N) is 1. The zero-order valence-electron chi connectivity index (χ0n) is 13.0. The van der Waals surface area contributed by atoms with Crippen LogP contribution in [0.5, 0.6) is 0 Å². The molecule has 2 N–H and O–H groups in total. The number of amides is 3. The largest absolute Gasteiger partial charge is 0.326 e. The van der Waals surface area contributed by atoms with Crippen molar-refractivity contribution in [3.63, 3.8) is 0 Å². The summed E-state index contributed by atoms with van der Waals surface area (Å²) in [6.07, 6.45) is 1.36. The van der Waals surface area contributed by atoms with Gasteiger partial charge in [-0.2, -0.15) is 0 Å². The molecule has 0 bridgehead atoms. The Morgan fingerprint density at radius 2 is 1.92 bits per heavy atom. The third-order valence-electron chi connectivity index (χ3n) is 4.00. The van der Waals surface area contributed by atoms with E-state index in [0.29, 0.717) is 25.9 Å². The number of piperidine rings is 1. The van der Waals surface area contributed by atoms with E-state index in [2.05, 4.69) is 26.6 Å². The molecule has 0 radical (unpaired) electrons. The molecule has 2 heterocycles. The van der Waals surface area contributed by atoms with E-state index in [0.717, 1.165) is 15.2 Å². The average Bonchev–Trinajstić information content (AvgIpc) is 3.08. The van der Waals surface area contributed by atoms with E-state index in [1.54, 1.807) is 4.90 Å². The first-order valence-corrected chi connectivity index (χ1v) is 9.45. The van der Waals surface area contributed by atoms with Gasteiger partial charge in [-0.15, -0.1) is 11.3 Å². The van der Waals surface area contributed by atoms with E-state index in [1.165, 1.54) is 11.3 Å². The van der Waals surface area contributed by atoms with Crippen molar-refractivity contribution in [3.8, 4) is 0 Å². The summed E-state index contributed by atoms with van der Waals surface area (Å²) in [5.74, 6) is -0.0406. The lowest BCUT2D eigenvalue weighted by Gasteiger charge is -2.31. The van der Waals surface area contributed by atoms with Crippen LogP contribution in [0.3, 0.4) is 0 Å². The Morgan fingerprint density at radius 3 is 2.58 bits per heavy atom. The van der Waals surface area contributed by atoms with E-state index in [-0.39, 0.29) is 17.9 Å². The Morgan fingerprint density at radius 1 is 1.12 bits per heavy atom. The van der Waals surface area contributed by atoms with Crippen LogP contribution in [-0.4, -0.2) is 29.9 Å². The van der Waals surface area contributed by atoms with Crippen LogP contribution in [0.15, 0.2) is 46.3 Å². The normalized spacial score (nSPS) is 15.1. The maximum Gasteiger partial charge on any atom is 0.322 e. The first kappa shape index (κ1) is 17.0. The monoisotopic (exact) mass is 407 g/mol. The van der Waals surface area contributed by atoms with Crippen molar-refractivity contribution >= 4 is 49.9 Å². The van der Waals surface area contributed by atoms with Crippen molar-refractivity contribution in [2.75, 3.05) is 23.7 Å². The maximum atomic E-state index is 12.4. The maximum absolute atomic E-state index is 12.4. The van der Waals surface area contributed by atoms with Gasteiger partial charge in [0.05, 0.1) is 5.00 Å². The van der Waals surface area contributed by atoms with Crippen LogP contribution in [0.2, 0.25) is 0 Å². The number of hydrogen-bond donors (Lipinski definition) is 2. The molecule has 7 heteroatoms. The van der Waals surface area contributed by atoms with Crippen LogP contribution in [-0.2, 0) is 4.79 Å². The second-order valence-corrected chi connectivity index (χ2v) is 7.53. The van der Waals surface area contributed by atoms with E-state index in [1.807, 2.05) is 41.8 Å². The van der Waals surface area contributed by atoms with Gasteiger partial charge < -0.3 is 10.2 Å². The first-order valence-electron chi connectivity index (χ1n) is 7.77. The molecule has 126 valence electrons. The van der Waals surface area contributed by atoms with Crippen molar-refractivity contribution in [2.45, 2.75) is 12.8 Å². The fraction of sp³-hybridized carbons (Fsp3) is 0.294. The summed E-state index contributed by atoms with van der Waals surface area (Å²) in [4.78, 5) is 26.3. The van der Waals surface area contributed by atoms with Crippen molar-refractivity contribution in [3.05, 3.63) is 46.3 Å². The number of carbonyl (C=O) groups is 2. The fourth-order valence-corrected chi connectivity index (χ4v) is 3.70. The van der Waals surface area contributed by atoms with Crippen molar-refractivity contribution in [1.82, 2.24) is 4.90 Å². The number of anilines is 2. The number of urea groups is 1. The van der Waals surface area contributed by atoms with Crippen molar-refractivity contribution < 1.29 is 9.59 Å². The highest BCUT2D eigenvalue weighted by molar-refractivity contribution is 9.10. The minimum absolute atomic E-state index is 0.0198.